The molecule has 0 radical (unpaired) electrons. The van der Waals surface area contributed by atoms with Crippen LogP contribution in [0.4, 0.5) is 0 Å². The fourth-order valence-electron chi connectivity index (χ4n) is 2.09. The molecule has 0 aliphatic heterocycles. The van der Waals surface area contributed by atoms with Gasteiger partial charge in [-0.1, -0.05) is 6.42 Å². The van der Waals surface area contributed by atoms with Crippen LogP contribution >= 0.6 is 0 Å². The number of carboxylic acids is 1. The zero-order valence-corrected chi connectivity index (χ0v) is 8.73. The lowest BCUT2D eigenvalue weighted by Crippen LogP contribution is -2.51. The van der Waals surface area contributed by atoms with Gasteiger partial charge in [-0.05, 0) is 25.7 Å². The molecule has 0 saturated heterocycles. The average molecular weight is 216 g/mol. The first kappa shape index (κ1) is 12.0. The summed E-state index contributed by atoms with van der Waals surface area (Å²) in [6.45, 7) is 1.23. The van der Waals surface area contributed by atoms with Crippen LogP contribution in [0.25, 0.3) is 0 Å². The largest absolute Gasteiger partial charge is 0.479 e. The third kappa shape index (κ3) is 2.68. The van der Waals surface area contributed by atoms with Crippen LogP contribution in [0.1, 0.15) is 39.0 Å². The summed E-state index contributed by atoms with van der Waals surface area (Å²) in [6.07, 6.45) is 1.74. The number of esters is 1. The standard InChI is InChI=1S/C10H16O5/c1-7(11)15-10(8(12)9(13)14)5-3-2-4-6-10/h8,12H,2-6H2,1H3,(H,13,14). The van der Waals surface area contributed by atoms with Crippen LogP contribution in [0.3, 0.4) is 0 Å². The molecule has 5 nitrogen and oxygen atoms in total. The second-order valence-electron chi connectivity index (χ2n) is 3.96. The van der Waals surface area contributed by atoms with Gasteiger partial charge in [0.05, 0.1) is 0 Å². The smallest absolute Gasteiger partial charge is 0.336 e. The van der Waals surface area contributed by atoms with Crippen molar-refractivity contribution < 1.29 is 24.5 Å². The van der Waals surface area contributed by atoms with E-state index in [0.29, 0.717) is 12.8 Å². The van der Waals surface area contributed by atoms with Crippen LogP contribution in [0.15, 0.2) is 0 Å². The Morgan fingerprint density at radius 2 is 1.80 bits per heavy atom. The Morgan fingerprint density at radius 1 is 1.27 bits per heavy atom. The van der Waals surface area contributed by atoms with Gasteiger partial charge < -0.3 is 14.9 Å². The molecule has 1 atom stereocenters. The maximum atomic E-state index is 10.9. The molecule has 0 amide bonds. The van der Waals surface area contributed by atoms with E-state index in [0.717, 1.165) is 19.3 Å². The quantitative estimate of drug-likeness (QED) is 0.678. The number of hydrogen-bond donors (Lipinski definition) is 2. The van der Waals surface area contributed by atoms with Crippen molar-refractivity contribution in [1.29, 1.82) is 0 Å². The maximum Gasteiger partial charge on any atom is 0.336 e. The number of ether oxygens (including phenoxy) is 1. The van der Waals surface area contributed by atoms with Gasteiger partial charge >= 0.3 is 11.9 Å². The highest BCUT2D eigenvalue weighted by molar-refractivity contribution is 5.75. The molecular formula is C10H16O5. The van der Waals surface area contributed by atoms with E-state index in [4.69, 9.17) is 9.84 Å². The molecule has 0 aromatic rings. The van der Waals surface area contributed by atoms with Gasteiger partial charge in [-0.15, -0.1) is 0 Å². The first-order chi connectivity index (χ1) is 6.98. The molecule has 0 heterocycles. The van der Waals surface area contributed by atoms with Gasteiger partial charge in [0.2, 0.25) is 0 Å². The molecule has 15 heavy (non-hydrogen) atoms. The third-order valence-electron chi connectivity index (χ3n) is 2.78. The van der Waals surface area contributed by atoms with Crippen LogP contribution in [0, 0.1) is 0 Å². The highest BCUT2D eigenvalue weighted by Crippen LogP contribution is 2.34. The molecule has 1 unspecified atom stereocenters. The van der Waals surface area contributed by atoms with E-state index < -0.39 is 23.6 Å². The van der Waals surface area contributed by atoms with E-state index in [9.17, 15) is 14.7 Å². The summed E-state index contributed by atoms with van der Waals surface area (Å²) in [4.78, 5) is 21.7. The Morgan fingerprint density at radius 3 is 2.20 bits per heavy atom. The summed E-state index contributed by atoms with van der Waals surface area (Å²) in [7, 11) is 0. The average Bonchev–Trinajstić information content (AvgIpc) is 2.16. The van der Waals surface area contributed by atoms with Crippen molar-refractivity contribution in [3.8, 4) is 0 Å². The molecule has 0 aromatic carbocycles. The zero-order chi connectivity index (χ0) is 11.5. The molecule has 86 valence electrons. The normalized spacial score (nSPS) is 21.7. The number of carbonyl (C=O) groups is 2. The summed E-state index contributed by atoms with van der Waals surface area (Å²) in [5.74, 6) is -1.88. The number of hydrogen-bond acceptors (Lipinski definition) is 4. The number of aliphatic carboxylic acids is 1. The Balaban J connectivity index is 2.83. The van der Waals surface area contributed by atoms with Crippen molar-refractivity contribution >= 4 is 11.9 Å². The van der Waals surface area contributed by atoms with E-state index in [1.807, 2.05) is 0 Å². The number of aliphatic hydroxyl groups excluding tert-OH is 1. The minimum Gasteiger partial charge on any atom is -0.479 e. The molecular weight excluding hydrogens is 200 g/mol. The van der Waals surface area contributed by atoms with Crippen molar-refractivity contribution in [3.05, 3.63) is 0 Å². The molecule has 1 aliphatic carbocycles. The Hall–Kier alpha value is -1.10. The number of aliphatic hydroxyl groups is 1. The molecule has 1 aliphatic rings. The molecule has 0 aromatic heterocycles. The second kappa shape index (κ2) is 4.61. The highest BCUT2D eigenvalue weighted by atomic mass is 16.6. The van der Waals surface area contributed by atoms with Gasteiger partial charge in [0, 0.05) is 6.92 Å². The van der Waals surface area contributed by atoms with Crippen LogP contribution in [0.2, 0.25) is 0 Å². The molecule has 0 bridgehead atoms. The number of rotatable bonds is 3. The van der Waals surface area contributed by atoms with Crippen molar-refractivity contribution in [2.45, 2.75) is 50.7 Å². The zero-order valence-electron chi connectivity index (χ0n) is 8.73. The van der Waals surface area contributed by atoms with Gasteiger partial charge in [0.1, 0.15) is 5.60 Å². The molecule has 5 heteroatoms. The Labute approximate surface area is 88.0 Å². The predicted molar refractivity (Wildman–Crippen MR) is 51.2 cm³/mol. The second-order valence-corrected chi connectivity index (χ2v) is 3.96. The fourth-order valence-corrected chi connectivity index (χ4v) is 2.09. The lowest BCUT2D eigenvalue weighted by molar-refractivity contribution is -0.187. The van der Waals surface area contributed by atoms with Crippen LogP contribution < -0.4 is 0 Å². The van der Waals surface area contributed by atoms with E-state index in [1.54, 1.807) is 0 Å². The van der Waals surface area contributed by atoms with E-state index in [-0.39, 0.29) is 0 Å². The lowest BCUT2D eigenvalue weighted by Gasteiger charge is -2.38. The Kier molecular flexibility index (Phi) is 3.68. The van der Waals surface area contributed by atoms with Crippen molar-refractivity contribution in [3.63, 3.8) is 0 Å². The van der Waals surface area contributed by atoms with Gasteiger partial charge in [-0.25, -0.2) is 4.79 Å². The van der Waals surface area contributed by atoms with E-state index >= 15 is 0 Å². The summed E-state index contributed by atoms with van der Waals surface area (Å²) >= 11 is 0. The topological polar surface area (TPSA) is 83.8 Å². The third-order valence-corrected chi connectivity index (χ3v) is 2.78. The predicted octanol–water partition coefficient (Wildman–Crippen LogP) is 0.698. The summed E-state index contributed by atoms with van der Waals surface area (Å²) < 4.78 is 5.03. The maximum absolute atomic E-state index is 10.9. The minimum absolute atomic E-state index is 0.417. The summed E-state index contributed by atoms with van der Waals surface area (Å²) in [6, 6.07) is 0. The van der Waals surface area contributed by atoms with Gasteiger partial charge in [0.15, 0.2) is 6.10 Å². The first-order valence-electron chi connectivity index (χ1n) is 5.08. The first-order valence-corrected chi connectivity index (χ1v) is 5.08. The van der Waals surface area contributed by atoms with Crippen LogP contribution in [-0.4, -0.2) is 33.9 Å². The molecule has 1 rings (SSSR count). The van der Waals surface area contributed by atoms with Crippen LogP contribution in [-0.2, 0) is 14.3 Å². The lowest BCUT2D eigenvalue weighted by atomic mass is 9.80. The van der Waals surface area contributed by atoms with E-state index in [1.165, 1.54) is 6.92 Å². The molecule has 1 fully saturated rings. The minimum atomic E-state index is -1.62. The van der Waals surface area contributed by atoms with Crippen molar-refractivity contribution in [2.24, 2.45) is 0 Å². The fraction of sp³-hybridized carbons (Fsp3) is 0.800. The van der Waals surface area contributed by atoms with Crippen LogP contribution in [0.5, 0.6) is 0 Å². The SMILES string of the molecule is CC(=O)OC1(C(O)C(=O)O)CCCCC1. The summed E-state index contributed by atoms with van der Waals surface area (Å²) in [5.41, 5.74) is -1.21. The van der Waals surface area contributed by atoms with Crippen molar-refractivity contribution in [1.82, 2.24) is 0 Å². The van der Waals surface area contributed by atoms with Crippen molar-refractivity contribution in [2.75, 3.05) is 0 Å². The Bertz CT molecular complexity index is 255. The summed E-state index contributed by atoms with van der Waals surface area (Å²) in [5, 5.41) is 18.3. The van der Waals surface area contributed by atoms with E-state index in [2.05, 4.69) is 0 Å². The number of carbonyl (C=O) groups excluding carboxylic acids is 1. The van der Waals surface area contributed by atoms with Gasteiger partial charge in [-0.2, -0.15) is 0 Å². The highest BCUT2D eigenvalue weighted by Gasteiger charge is 2.46. The number of carboxylic acid groups (broad SMARTS) is 1. The van der Waals surface area contributed by atoms with Gasteiger partial charge in [-0.3, -0.25) is 4.79 Å². The van der Waals surface area contributed by atoms with Gasteiger partial charge in [0.25, 0.3) is 0 Å². The molecule has 0 spiro atoms. The molecule has 2 N–H and O–H groups in total. The monoisotopic (exact) mass is 216 g/mol. The molecule has 1 saturated carbocycles.